The van der Waals surface area contributed by atoms with Crippen molar-refractivity contribution in [3.05, 3.63) is 119 Å². The van der Waals surface area contributed by atoms with Crippen molar-refractivity contribution >= 4 is 51.3 Å². The van der Waals surface area contributed by atoms with E-state index in [-0.39, 0.29) is 0 Å². The van der Waals surface area contributed by atoms with Crippen LogP contribution in [-0.4, -0.2) is 27.8 Å². The van der Waals surface area contributed by atoms with Gasteiger partial charge in [0.1, 0.15) is 0 Å². The fraction of sp³-hybridized carbons (Fsp3) is 0.188. The summed E-state index contributed by atoms with van der Waals surface area (Å²) in [7, 11) is 0. The van der Waals surface area contributed by atoms with E-state index in [0.717, 1.165) is 41.8 Å². The molecular formula is C32H30AlO4S2+. The van der Waals surface area contributed by atoms with Crippen LogP contribution in [0.15, 0.2) is 117 Å². The first-order valence-electron chi connectivity index (χ1n) is 12.7. The summed E-state index contributed by atoms with van der Waals surface area (Å²) < 4.78 is 10.8. The predicted octanol–water partition coefficient (Wildman–Crippen LogP) is 8.13. The summed E-state index contributed by atoms with van der Waals surface area (Å²) >= 11 is 2.07. The van der Waals surface area contributed by atoms with Gasteiger partial charge in [0.15, 0.2) is 0 Å². The molecule has 0 aliphatic carbocycles. The molecule has 39 heavy (non-hydrogen) atoms. The summed E-state index contributed by atoms with van der Waals surface area (Å²) in [5.74, 6) is -1.75. The van der Waals surface area contributed by atoms with Crippen LogP contribution in [0.3, 0.4) is 0 Å². The third-order valence-corrected chi connectivity index (χ3v) is 9.39. The Bertz CT molecular complexity index is 1320. The Morgan fingerprint density at radius 2 is 1.00 bits per heavy atom. The molecule has 0 fully saturated rings. The third-order valence-electron chi connectivity index (χ3n) is 6.40. The molecule has 0 bridgehead atoms. The second-order valence-corrected chi connectivity index (χ2v) is 12.2. The summed E-state index contributed by atoms with van der Waals surface area (Å²) in [5, 5.41) is 0. The first kappa shape index (κ1) is 29.0. The van der Waals surface area contributed by atoms with Gasteiger partial charge >= 0.3 is 247 Å². The van der Waals surface area contributed by atoms with E-state index in [1.165, 1.54) is 0 Å². The third kappa shape index (κ3) is 8.03. The van der Waals surface area contributed by atoms with Gasteiger partial charge in [-0.15, -0.1) is 0 Å². The van der Waals surface area contributed by atoms with Crippen molar-refractivity contribution in [2.75, 3.05) is 0 Å². The van der Waals surface area contributed by atoms with Gasteiger partial charge in [-0.3, -0.25) is 0 Å². The Hall–Kier alpha value is -2.95. The topological polar surface area (TPSA) is 52.6 Å². The van der Waals surface area contributed by atoms with Gasteiger partial charge < -0.3 is 0 Å². The molecular weight excluding hydrogens is 539 g/mol. The zero-order valence-corrected chi connectivity index (χ0v) is 25.2. The average Bonchev–Trinajstić information content (AvgIpc) is 2.95. The molecule has 196 valence electrons. The monoisotopic (exact) mass is 569 g/mol. The fourth-order valence-electron chi connectivity index (χ4n) is 3.82. The molecule has 4 nitrogen and oxygen atoms in total. The van der Waals surface area contributed by atoms with Crippen LogP contribution in [-0.2, 0) is 17.2 Å². The Balaban J connectivity index is 1.32. The fourth-order valence-corrected chi connectivity index (χ4v) is 6.41. The number of carbonyl (C=O) groups is 2. The van der Waals surface area contributed by atoms with E-state index in [1.54, 1.807) is 23.5 Å². The van der Waals surface area contributed by atoms with E-state index in [9.17, 15) is 9.59 Å². The van der Waals surface area contributed by atoms with E-state index in [0.29, 0.717) is 0 Å². The average molecular weight is 570 g/mol. The quantitative estimate of drug-likeness (QED) is 0.180. The molecule has 0 aliphatic rings. The minimum atomic E-state index is -1.26. The van der Waals surface area contributed by atoms with Crippen molar-refractivity contribution in [3.63, 3.8) is 0 Å². The van der Waals surface area contributed by atoms with Gasteiger partial charge in [0.25, 0.3) is 0 Å². The van der Waals surface area contributed by atoms with E-state index < -0.39 is 39.7 Å². The maximum atomic E-state index is 12.8. The Morgan fingerprint density at radius 3 is 1.38 bits per heavy atom. The van der Waals surface area contributed by atoms with Gasteiger partial charge in [0.05, 0.1) is 0 Å². The first-order chi connectivity index (χ1) is 18.8. The Morgan fingerprint density at radius 1 is 0.615 bits per heavy atom. The molecule has 0 N–H and O–H groups in total. The van der Waals surface area contributed by atoms with Crippen molar-refractivity contribution in [1.29, 1.82) is 0 Å². The number of hydrogen-bond acceptors (Lipinski definition) is 6. The van der Waals surface area contributed by atoms with Crippen LogP contribution in [0, 0.1) is 13.8 Å². The molecule has 7 heteroatoms. The molecule has 4 rings (SSSR count). The predicted molar refractivity (Wildman–Crippen MR) is 158 cm³/mol. The standard InChI is InChI=1S/2C16H16O2S.Al/c2*1-11-8-9-13(12(2)16(17)18)10-15(11)19-14-6-4-3-5-7-14;/h2*3-10,12H,1-2H3,(H,17,18);/q;;+3/p-2. The van der Waals surface area contributed by atoms with Gasteiger partial charge in [-0.05, 0) is 0 Å². The summed E-state index contributed by atoms with van der Waals surface area (Å²) in [5.41, 5.74) is 4.02. The van der Waals surface area contributed by atoms with Crippen LogP contribution in [0.2, 0.25) is 0 Å². The van der Waals surface area contributed by atoms with E-state index in [4.69, 9.17) is 7.58 Å². The molecule has 4 aromatic rings. The molecule has 0 amide bonds. The van der Waals surface area contributed by atoms with Crippen LogP contribution in [0.5, 0.6) is 0 Å². The van der Waals surface area contributed by atoms with Crippen molar-refractivity contribution in [3.8, 4) is 0 Å². The van der Waals surface area contributed by atoms with Gasteiger partial charge in [-0.25, -0.2) is 0 Å². The second kappa shape index (κ2) is 13.9. The number of aryl methyl sites for hydroxylation is 2. The van der Waals surface area contributed by atoms with Crippen LogP contribution in [0.4, 0.5) is 0 Å². The van der Waals surface area contributed by atoms with E-state index in [2.05, 4.69) is 38.1 Å². The molecule has 0 saturated heterocycles. The summed E-state index contributed by atoms with van der Waals surface area (Å²) in [6.07, 6.45) is 0. The van der Waals surface area contributed by atoms with Crippen LogP contribution in [0.25, 0.3) is 0 Å². The normalized spacial score (nSPS) is 12.2. The van der Waals surface area contributed by atoms with Crippen LogP contribution < -0.4 is 0 Å². The first-order valence-corrected chi connectivity index (χ1v) is 15.3. The summed E-state index contributed by atoms with van der Waals surface area (Å²) in [4.78, 5) is 30.0. The van der Waals surface area contributed by atoms with Gasteiger partial charge in [-0.2, -0.15) is 0 Å². The summed E-state index contributed by atoms with van der Waals surface area (Å²) in [6, 6.07) is 32.3. The van der Waals surface area contributed by atoms with Gasteiger partial charge in [0.2, 0.25) is 0 Å². The molecule has 0 aliphatic heterocycles. The zero-order valence-electron chi connectivity index (χ0n) is 22.4. The minimum absolute atomic E-state index is 0.401. The number of carbonyl (C=O) groups excluding carboxylic acids is 2. The van der Waals surface area contributed by atoms with E-state index >= 15 is 0 Å². The van der Waals surface area contributed by atoms with Gasteiger partial charge in [0, 0.05) is 0 Å². The Labute approximate surface area is 245 Å². The Kier molecular flexibility index (Phi) is 10.4. The van der Waals surface area contributed by atoms with E-state index in [1.807, 2.05) is 86.6 Å². The second-order valence-electron chi connectivity index (χ2n) is 9.29. The van der Waals surface area contributed by atoms with Crippen molar-refractivity contribution in [2.45, 2.75) is 59.1 Å². The maximum absolute atomic E-state index is 12.8. The number of hydrogen-bond donors (Lipinski definition) is 0. The molecule has 0 heterocycles. The molecule has 2 unspecified atom stereocenters. The SMILES string of the molecule is Cc1ccc(C(C)C(=O)[O][Al+][O]C(=O)C(C)c2ccc(C)c(Sc3ccccc3)c2)cc1Sc1ccccc1. The van der Waals surface area contributed by atoms with Crippen molar-refractivity contribution in [2.24, 2.45) is 0 Å². The summed E-state index contributed by atoms with van der Waals surface area (Å²) in [6.45, 7) is 7.73. The molecule has 0 spiro atoms. The van der Waals surface area contributed by atoms with Crippen molar-refractivity contribution in [1.82, 2.24) is 0 Å². The van der Waals surface area contributed by atoms with Gasteiger partial charge in [-0.1, -0.05) is 0 Å². The van der Waals surface area contributed by atoms with Crippen LogP contribution in [0.1, 0.15) is 47.9 Å². The number of benzene rings is 4. The molecule has 0 radical (unpaired) electrons. The zero-order chi connectivity index (χ0) is 27.8. The van der Waals surface area contributed by atoms with Crippen molar-refractivity contribution < 1.29 is 17.2 Å². The van der Waals surface area contributed by atoms with Crippen LogP contribution >= 0.6 is 23.5 Å². The molecule has 0 saturated carbocycles. The molecule has 2 atom stereocenters. The number of rotatable bonds is 10. The molecule has 0 aromatic heterocycles. The molecule has 4 aromatic carbocycles.